The van der Waals surface area contributed by atoms with Crippen LogP contribution in [0.25, 0.3) is 0 Å². The van der Waals surface area contributed by atoms with Crippen LogP contribution in [0.3, 0.4) is 0 Å². The molecular weight excluding hydrogens is 328 g/mol. The maximum Gasteiger partial charge on any atom is 0.265 e. The molecule has 22 heavy (non-hydrogen) atoms. The Morgan fingerprint density at radius 3 is 2.05 bits per heavy atom. The summed E-state index contributed by atoms with van der Waals surface area (Å²) in [5.41, 5.74) is 1.05. The van der Waals surface area contributed by atoms with E-state index in [2.05, 4.69) is 19.6 Å². The first-order valence-electron chi connectivity index (χ1n) is 6.25. The molecule has 0 saturated heterocycles. The highest BCUT2D eigenvalue weighted by Crippen LogP contribution is 2.21. The molecule has 0 atom stereocenters. The molecule has 0 fully saturated rings. The Bertz CT molecular complexity index is 864. The van der Waals surface area contributed by atoms with E-state index in [0.717, 1.165) is 0 Å². The molecule has 1 aromatic heterocycles. The summed E-state index contributed by atoms with van der Waals surface area (Å²) >= 11 is 0. The summed E-state index contributed by atoms with van der Waals surface area (Å²) in [5, 5.41) is 6.46. The van der Waals surface area contributed by atoms with Crippen molar-refractivity contribution in [2.24, 2.45) is 0 Å². The maximum atomic E-state index is 12.3. The van der Waals surface area contributed by atoms with Gasteiger partial charge < -0.3 is 0 Å². The Kier molecular flexibility index (Phi) is 4.27. The molecule has 0 unspecified atom stereocenters. The number of nitrogens with one attached hydrogen (secondary N) is 3. The first-order valence-corrected chi connectivity index (χ1v) is 9.22. The number of anilines is 1. The molecule has 8 nitrogen and oxygen atoms in total. The number of nitrogens with zero attached hydrogens (tertiary/aromatic N) is 1. The first kappa shape index (κ1) is 16.5. The standard InChI is InChI=1S/C12H16N4O4S2/c1-8-12(9(2)15-14-8)22(19,20)16-10-4-6-11(7-5-10)21(17,18)13-3/h4-7,13,16H,1-3H3,(H,14,15). The molecule has 0 bridgehead atoms. The van der Waals surface area contributed by atoms with E-state index in [4.69, 9.17) is 0 Å². The fourth-order valence-corrected chi connectivity index (χ4v) is 4.12. The second-order valence-electron chi connectivity index (χ2n) is 4.60. The van der Waals surface area contributed by atoms with Crippen LogP contribution in [0.15, 0.2) is 34.1 Å². The van der Waals surface area contributed by atoms with Gasteiger partial charge in [0.15, 0.2) is 0 Å². The molecule has 2 rings (SSSR count). The van der Waals surface area contributed by atoms with Gasteiger partial charge in [-0.3, -0.25) is 9.82 Å². The van der Waals surface area contributed by atoms with Crippen LogP contribution in [0.5, 0.6) is 0 Å². The number of aryl methyl sites for hydroxylation is 2. The van der Waals surface area contributed by atoms with E-state index in [9.17, 15) is 16.8 Å². The van der Waals surface area contributed by atoms with E-state index in [0.29, 0.717) is 11.4 Å². The molecular formula is C12H16N4O4S2. The van der Waals surface area contributed by atoms with E-state index in [1.54, 1.807) is 13.8 Å². The SMILES string of the molecule is CNS(=O)(=O)c1ccc(NS(=O)(=O)c2c(C)n[nH]c2C)cc1. The third-order valence-electron chi connectivity index (χ3n) is 3.01. The molecule has 2 aromatic rings. The maximum absolute atomic E-state index is 12.3. The summed E-state index contributed by atoms with van der Waals surface area (Å²) in [4.78, 5) is 0.132. The van der Waals surface area contributed by atoms with Crippen molar-refractivity contribution in [3.8, 4) is 0 Å². The van der Waals surface area contributed by atoms with Crippen molar-refractivity contribution in [2.75, 3.05) is 11.8 Å². The Morgan fingerprint density at radius 1 is 1.00 bits per heavy atom. The minimum Gasteiger partial charge on any atom is -0.281 e. The lowest BCUT2D eigenvalue weighted by Gasteiger charge is -2.09. The Balaban J connectivity index is 2.32. The number of H-pyrrole nitrogens is 1. The van der Waals surface area contributed by atoms with Crippen molar-refractivity contribution in [3.05, 3.63) is 35.7 Å². The van der Waals surface area contributed by atoms with Gasteiger partial charge in [0, 0.05) is 5.69 Å². The van der Waals surface area contributed by atoms with Gasteiger partial charge in [0.25, 0.3) is 10.0 Å². The lowest BCUT2D eigenvalue weighted by atomic mass is 10.3. The molecule has 3 N–H and O–H groups in total. The summed E-state index contributed by atoms with van der Waals surface area (Å²) in [6, 6.07) is 5.40. The summed E-state index contributed by atoms with van der Waals surface area (Å²) in [5.74, 6) is 0. The van der Waals surface area contributed by atoms with Crippen molar-refractivity contribution in [1.29, 1.82) is 0 Å². The smallest absolute Gasteiger partial charge is 0.265 e. The van der Waals surface area contributed by atoms with Gasteiger partial charge in [-0.25, -0.2) is 21.6 Å². The van der Waals surface area contributed by atoms with E-state index in [1.807, 2.05) is 0 Å². The van der Waals surface area contributed by atoms with E-state index < -0.39 is 20.0 Å². The van der Waals surface area contributed by atoms with E-state index >= 15 is 0 Å². The predicted molar refractivity (Wildman–Crippen MR) is 81.6 cm³/mol. The minimum atomic E-state index is -3.79. The highest BCUT2D eigenvalue weighted by Gasteiger charge is 2.22. The van der Waals surface area contributed by atoms with Crippen LogP contribution in [0.1, 0.15) is 11.4 Å². The third-order valence-corrected chi connectivity index (χ3v) is 6.09. The van der Waals surface area contributed by atoms with Gasteiger partial charge in [0.1, 0.15) is 4.90 Å². The van der Waals surface area contributed by atoms with Crippen molar-refractivity contribution < 1.29 is 16.8 Å². The van der Waals surface area contributed by atoms with Gasteiger partial charge in [0.2, 0.25) is 10.0 Å². The van der Waals surface area contributed by atoms with Gasteiger partial charge in [-0.1, -0.05) is 0 Å². The fourth-order valence-electron chi connectivity index (χ4n) is 1.96. The molecule has 0 aliphatic heterocycles. The quantitative estimate of drug-likeness (QED) is 0.738. The second kappa shape index (κ2) is 5.71. The zero-order chi connectivity index (χ0) is 16.5. The monoisotopic (exact) mass is 344 g/mol. The van der Waals surface area contributed by atoms with E-state index in [-0.39, 0.29) is 15.5 Å². The van der Waals surface area contributed by atoms with Gasteiger partial charge in [-0.05, 0) is 45.2 Å². The van der Waals surface area contributed by atoms with Crippen LogP contribution in [0.4, 0.5) is 5.69 Å². The number of hydrogen-bond acceptors (Lipinski definition) is 5. The molecule has 0 saturated carbocycles. The summed E-state index contributed by atoms with van der Waals surface area (Å²) in [6.07, 6.45) is 0. The van der Waals surface area contributed by atoms with E-state index in [1.165, 1.54) is 31.3 Å². The molecule has 1 aromatic carbocycles. The Morgan fingerprint density at radius 2 is 1.59 bits per heavy atom. The van der Waals surface area contributed by atoms with Crippen LogP contribution in [0.2, 0.25) is 0 Å². The molecule has 0 spiro atoms. The molecule has 0 amide bonds. The fraction of sp³-hybridized carbons (Fsp3) is 0.250. The number of sulfonamides is 2. The molecule has 1 heterocycles. The van der Waals surface area contributed by atoms with Gasteiger partial charge in [0.05, 0.1) is 16.3 Å². The van der Waals surface area contributed by atoms with Crippen LogP contribution >= 0.6 is 0 Å². The zero-order valence-corrected chi connectivity index (χ0v) is 13.8. The van der Waals surface area contributed by atoms with Crippen LogP contribution < -0.4 is 9.44 Å². The minimum absolute atomic E-state index is 0.0496. The largest absolute Gasteiger partial charge is 0.281 e. The lowest BCUT2D eigenvalue weighted by molar-refractivity contribution is 0.588. The summed E-state index contributed by atoms with van der Waals surface area (Å²) < 4.78 is 52.5. The second-order valence-corrected chi connectivity index (χ2v) is 8.11. The summed E-state index contributed by atoms with van der Waals surface area (Å²) in [6.45, 7) is 3.19. The third kappa shape index (κ3) is 3.13. The van der Waals surface area contributed by atoms with Crippen molar-refractivity contribution in [1.82, 2.24) is 14.9 Å². The number of aromatic amines is 1. The van der Waals surface area contributed by atoms with Crippen LogP contribution in [-0.4, -0.2) is 34.1 Å². The van der Waals surface area contributed by atoms with Crippen LogP contribution in [-0.2, 0) is 20.0 Å². The molecule has 0 aliphatic carbocycles. The van der Waals surface area contributed by atoms with Gasteiger partial charge in [-0.2, -0.15) is 5.10 Å². The van der Waals surface area contributed by atoms with Crippen LogP contribution in [0, 0.1) is 13.8 Å². The normalized spacial score (nSPS) is 12.3. The molecule has 0 radical (unpaired) electrons. The molecule has 120 valence electrons. The zero-order valence-electron chi connectivity index (χ0n) is 12.2. The van der Waals surface area contributed by atoms with Crippen molar-refractivity contribution >= 4 is 25.7 Å². The van der Waals surface area contributed by atoms with Gasteiger partial charge in [-0.15, -0.1) is 0 Å². The molecule has 10 heteroatoms. The highest BCUT2D eigenvalue weighted by atomic mass is 32.2. The Hall–Kier alpha value is -1.91. The predicted octanol–water partition coefficient (Wildman–Crippen LogP) is 0.735. The number of aromatic nitrogens is 2. The number of hydrogen-bond donors (Lipinski definition) is 3. The highest BCUT2D eigenvalue weighted by molar-refractivity contribution is 7.92. The van der Waals surface area contributed by atoms with Crippen molar-refractivity contribution in [3.63, 3.8) is 0 Å². The number of rotatable bonds is 5. The number of benzene rings is 1. The lowest BCUT2D eigenvalue weighted by Crippen LogP contribution is -2.18. The topological polar surface area (TPSA) is 121 Å². The molecule has 0 aliphatic rings. The van der Waals surface area contributed by atoms with Gasteiger partial charge >= 0.3 is 0 Å². The average Bonchev–Trinajstić information content (AvgIpc) is 2.79. The first-order chi connectivity index (χ1) is 10.2. The van der Waals surface area contributed by atoms with Crippen molar-refractivity contribution in [2.45, 2.75) is 23.6 Å². The average molecular weight is 344 g/mol. The Labute approximate surface area is 129 Å². The summed E-state index contributed by atoms with van der Waals surface area (Å²) in [7, 11) is -6.05.